The van der Waals surface area contributed by atoms with E-state index in [1.807, 2.05) is 30.3 Å². The quantitative estimate of drug-likeness (QED) is 0.938. The third kappa shape index (κ3) is 2.84. The van der Waals surface area contributed by atoms with Gasteiger partial charge in [0.2, 0.25) is 0 Å². The van der Waals surface area contributed by atoms with E-state index >= 15 is 0 Å². The Morgan fingerprint density at radius 2 is 2.00 bits per heavy atom. The highest BCUT2D eigenvalue weighted by atomic mass is 16.5. The molecule has 3 heterocycles. The maximum Gasteiger partial charge on any atom is 0.264 e. The summed E-state index contributed by atoms with van der Waals surface area (Å²) >= 11 is 0. The number of anilines is 1. The molecule has 0 bridgehead atoms. The molecular formula is C17H22N4O2. The Kier molecular flexibility index (Phi) is 3.79. The normalized spacial score (nSPS) is 24.1. The number of benzene rings is 1. The van der Waals surface area contributed by atoms with Gasteiger partial charge in [0.05, 0.1) is 0 Å². The standard InChI is InChI=1S/C17H22N4O2/c1-21-12-14(11-17(21)7-9-22-10-8-17)18-16-19-15(23-20-16)13-5-3-2-4-6-13/h2-6,14H,7-12H2,1H3,(H,18,20). The first-order valence-electron chi connectivity index (χ1n) is 8.20. The maximum absolute atomic E-state index is 5.52. The van der Waals surface area contributed by atoms with E-state index in [0.717, 1.165) is 44.6 Å². The van der Waals surface area contributed by atoms with Crippen molar-refractivity contribution in [1.29, 1.82) is 0 Å². The van der Waals surface area contributed by atoms with Gasteiger partial charge in [-0.25, -0.2) is 0 Å². The highest BCUT2D eigenvalue weighted by molar-refractivity contribution is 5.53. The van der Waals surface area contributed by atoms with Crippen LogP contribution in [0.1, 0.15) is 19.3 Å². The van der Waals surface area contributed by atoms with Crippen molar-refractivity contribution >= 4 is 5.95 Å². The monoisotopic (exact) mass is 314 g/mol. The highest BCUT2D eigenvalue weighted by Gasteiger charge is 2.44. The third-order valence-corrected chi connectivity index (χ3v) is 5.13. The van der Waals surface area contributed by atoms with Crippen LogP contribution < -0.4 is 5.32 Å². The van der Waals surface area contributed by atoms with Gasteiger partial charge < -0.3 is 14.6 Å². The molecule has 2 saturated heterocycles. The fourth-order valence-corrected chi connectivity index (χ4v) is 3.80. The van der Waals surface area contributed by atoms with Crippen LogP contribution in [0, 0.1) is 0 Å². The molecule has 0 amide bonds. The molecule has 1 aromatic heterocycles. The van der Waals surface area contributed by atoms with Gasteiger partial charge >= 0.3 is 0 Å². The lowest BCUT2D eigenvalue weighted by Gasteiger charge is -2.39. The van der Waals surface area contributed by atoms with E-state index < -0.39 is 0 Å². The van der Waals surface area contributed by atoms with E-state index in [4.69, 9.17) is 9.26 Å². The number of hydrogen-bond donors (Lipinski definition) is 1. The van der Waals surface area contributed by atoms with Crippen LogP contribution in [0.25, 0.3) is 11.5 Å². The third-order valence-electron chi connectivity index (χ3n) is 5.13. The predicted octanol–water partition coefficient (Wildman–Crippen LogP) is 2.40. The van der Waals surface area contributed by atoms with Gasteiger partial charge in [-0.1, -0.05) is 18.2 Å². The molecule has 2 aliphatic heterocycles. The van der Waals surface area contributed by atoms with E-state index in [9.17, 15) is 0 Å². The average Bonchev–Trinajstić information content (AvgIpc) is 3.15. The fourth-order valence-electron chi connectivity index (χ4n) is 3.80. The van der Waals surface area contributed by atoms with Gasteiger partial charge in [-0.2, -0.15) is 4.98 Å². The molecule has 23 heavy (non-hydrogen) atoms. The van der Waals surface area contributed by atoms with E-state index in [1.54, 1.807) is 0 Å². The molecular weight excluding hydrogens is 292 g/mol. The second-order valence-electron chi connectivity index (χ2n) is 6.55. The van der Waals surface area contributed by atoms with Crippen molar-refractivity contribution in [2.75, 3.05) is 32.1 Å². The summed E-state index contributed by atoms with van der Waals surface area (Å²) in [7, 11) is 2.21. The van der Waals surface area contributed by atoms with Crippen LogP contribution in [0.3, 0.4) is 0 Å². The molecule has 2 fully saturated rings. The number of likely N-dealkylation sites (tertiary alicyclic amines) is 1. The van der Waals surface area contributed by atoms with Crippen LogP contribution in [0.15, 0.2) is 34.9 Å². The molecule has 1 unspecified atom stereocenters. The van der Waals surface area contributed by atoms with E-state index in [-0.39, 0.29) is 5.54 Å². The molecule has 0 aliphatic carbocycles. The minimum Gasteiger partial charge on any atom is -0.381 e. The van der Waals surface area contributed by atoms with Crippen LogP contribution in [0.4, 0.5) is 5.95 Å². The molecule has 4 rings (SSSR count). The Labute approximate surface area is 135 Å². The molecule has 1 atom stereocenters. The van der Waals surface area contributed by atoms with E-state index in [1.165, 1.54) is 0 Å². The lowest BCUT2D eigenvalue weighted by Crippen LogP contribution is -2.45. The van der Waals surface area contributed by atoms with Gasteiger partial charge in [0.15, 0.2) is 0 Å². The van der Waals surface area contributed by atoms with Gasteiger partial charge in [-0.3, -0.25) is 4.90 Å². The SMILES string of the molecule is CN1CC(Nc2noc(-c3ccccc3)n2)CC12CCOCC2. The first-order valence-corrected chi connectivity index (χ1v) is 8.20. The van der Waals surface area contributed by atoms with Crippen molar-refractivity contribution in [2.24, 2.45) is 0 Å². The molecule has 6 heteroatoms. The van der Waals surface area contributed by atoms with Crippen molar-refractivity contribution in [2.45, 2.75) is 30.8 Å². The number of likely N-dealkylation sites (N-methyl/N-ethyl adjacent to an activating group) is 1. The molecule has 122 valence electrons. The summed E-state index contributed by atoms with van der Waals surface area (Å²) in [6.45, 7) is 2.71. The van der Waals surface area contributed by atoms with Crippen LogP contribution in [0.2, 0.25) is 0 Å². The smallest absolute Gasteiger partial charge is 0.264 e. The number of hydrogen-bond acceptors (Lipinski definition) is 6. The number of aromatic nitrogens is 2. The molecule has 6 nitrogen and oxygen atoms in total. The van der Waals surface area contributed by atoms with E-state index in [0.29, 0.717) is 17.9 Å². The summed E-state index contributed by atoms with van der Waals surface area (Å²) < 4.78 is 10.9. The molecule has 0 saturated carbocycles. The molecule has 2 aliphatic rings. The Balaban J connectivity index is 1.44. The minimum absolute atomic E-state index is 0.266. The summed E-state index contributed by atoms with van der Waals surface area (Å²) in [4.78, 5) is 6.93. The number of nitrogens with zero attached hydrogens (tertiary/aromatic N) is 3. The molecule has 2 aromatic rings. The molecule has 1 aromatic carbocycles. The van der Waals surface area contributed by atoms with Gasteiger partial charge in [-0.15, -0.1) is 0 Å². The van der Waals surface area contributed by atoms with Crippen LogP contribution >= 0.6 is 0 Å². The Hall–Kier alpha value is -1.92. The number of ether oxygens (including phenoxy) is 1. The Morgan fingerprint density at radius 1 is 1.22 bits per heavy atom. The second-order valence-corrected chi connectivity index (χ2v) is 6.55. The van der Waals surface area contributed by atoms with Crippen molar-refractivity contribution in [3.8, 4) is 11.5 Å². The van der Waals surface area contributed by atoms with Gasteiger partial charge in [0.25, 0.3) is 11.8 Å². The van der Waals surface area contributed by atoms with E-state index in [2.05, 4.69) is 27.4 Å². The Bertz CT molecular complexity index is 652. The number of rotatable bonds is 3. The molecule has 1 spiro atoms. The van der Waals surface area contributed by atoms with Crippen molar-refractivity contribution in [1.82, 2.24) is 15.0 Å². The minimum atomic E-state index is 0.266. The lowest BCUT2D eigenvalue weighted by atomic mass is 9.87. The van der Waals surface area contributed by atoms with Crippen LogP contribution in [0.5, 0.6) is 0 Å². The van der Waals surface area contributed by atoms with Crippen molar-refractivity contribution in [3.63, 3.8) is 0 Å². The number of nitrogens with one attached hydrogen (secondary N) is 1. The summed E-state index contributed by atoms with van der Waals surface area (Å²) in [5, 5.41) is 7.51. The fraction of sp³-hybridized carbons (Fsp3) is 0.529. The van der Waals surface area contributed by atoms with Crippen molar-refractivity contribution in [3.05, 3.63) is 30.3 Å². The van der Waals surface area contributed by atoms with Crippen LogP contribution in [-0.2, 0) is 4.74 Å². The second kappa shape index (κ2) is 5.94. The van der Waals surface area contributed by atoms with Gasteiger partial charge in [0, 0.05) is 36.9 Å². The highest BCUT2D eigenvalue weighted by Crippen LogP contribution is 2.37. The maximum atomic E-state index is 5.52. The summed E-state index contributed by atoms with van der Waals surface area (Å²) in [5.74, 6) is 1.13. The average molecular weight is 314 g/mol. The summed E-state index contributed by atoms with van der Waals surface area (Å²) in [5.41, 5.74) is 1.21. The zero-order chi connectivity index (χ0) is 15.7. The first-order chi connectivity index (χ1) is 11.3. The summed E-state index contributed by atoms with van der Waals surface area (Å²) in [6.07, 6.45) is 3.30. The molecule has 1 N–H and O–H groups in total. The van der Waals surface area contributed by atoms with Crippen molar-refractivity contribution < 1.29 is 9.26 Å². The largest absolute Gasteiger partial charge is 0.381 e. The van der Waals surface area contributed by atoms with Gasteiger partial charge in [0.1, 0.15) is 0 Å². The summed E-state index contributed by atoms with van der Waals surface area (Å²) in [6, 6.07) is 10.2. The zero-order valence-corrected chi connectivity index (χ0v) is 13.4. The first kappa shape index (κ1) is 14.7. The Morgan fingerprint density at radius 3 is 2.78 bits per heavy atom. The predicted molar refractivity (Wildman–Crippen MR) is 87.2 cm³/mol. The van der Waals surface area contributed by atoms with Gasteiger partial charge in [-0.05, 0) is 43.6 Å². The lowest BCUT2D eigenvalue weighted by molar-refractivity contribution is 0.00184. The van der Waals surface area contributed by atoms with Crippen LogP contribution in [-0.4, -0.2) is 53.4 Å². The molecule has 0 radical (unpaired) electrons. The topological polar surface area (TPSA) is 63.4 Å². The zero-order valence-electron chi connectivity index (χ0n) is 13.4.